The largest absolute Gasteiger partial charge is 0.387 e. The minimum absolute atomic E-state index is 0.652. The van der Waals surface area contributed by atoms with Crippen LogP contribution in [0.5, 0.6) is 0 Å². The summed E-state index contributed by atoms with van der Waals surface area (Å²) in [5, 5.41) is 25.7. The highest BCUT2D eigenvalue weighted by Crippen LogP contribution is 2.40. The van der Waals surface area contributed by atoms with Crippen LogP contribution in [-0.4, -0.2) is 51.1 Å². The predicted molar refractivity (Wildman–Crippen MR) is 81.5 cm³/mol. The van der Waals surface area contributed by atoms with Crippen LogP contribution >= 0.6 is 15.9 Å². The van der Waals surface area contributed by atoms with Crippen molar-refractivity contribution in [3.8, 4) is 0 Å². The third-order valence-electron chi connectivity index (χ3n) is 4.08. The molecular formula is C14H24BrN3O2. The SMILES string of the molecule is CN(C)CCn1ncc(Br)c1C(O)C1(O)CCCCC1. The van der Waals surface area contributed by atoms with Crippen molar-refractivity contribution in [3.05, 3.63) is 16.4 Å². The van der Waals surface area contributed by atoms with E-state index in [4.69, 9.17) is 0 Å². The van der Waals surface area contributed by atoms with Gasteiger partial charge in [0.15, 0.2) is 0 Å². The average molecular weight is 346 g/mol. The van der Waals surface area contributed by atoms with Crippen LogP contribution in [-0.2, 0) is 6.54 Å². The van der Waals surface area contributed by atoms with Crippen LogP contribution in [0.2, 0.25) is 0 Å². The lowest BCUT2D eigenvalue weighted by molar-refractivity contribution is -0.103. The molecule has 1 saturated carbocycles. The first-order chi connectivity index (χ1) is 9.44. The van der Waals surface area contributed by atoms with Crippen LogP contribution in [0.25, 0.3) is 0 Å². The van der Waals surface area contributed by atoms with Crippen molar-refractivity contribution in [2.75, 3.05) is 20.6 Å². The van der Waals surface area contributed by atoms with Crippen molar-refractivity contribution < 1.29 is 10.2 Å². The van der Waals surface area contributed by atoms with Crippen LogP contribution in [0, 0.1) is 0 Å². The normalized spacial score (nSPS) is 20.3. The Kier molecular flexibility index (Phi) is 5.23. The molecule has 1 aromatic rings. The summed E-state index contributed by atoms with van der Waals surface area (Å²) in [6.07, 6.45) is 5.19. The molecule has 0 aromatic carbocycles. The van der Waals surface area contributed by atoms with Gasteiger partial charge in [0.05, 0.1) is 28.5 Å². The summed E-state index contributed by atoms with van der Waals surface area (Å²) in [5.74, 6) is 0. The van der Waals surface area contributed by atoms with Crippen LogP contribution in [0.15, 0.2) is 10.7 Å². The molecule has 0 bridgehead atoms. The van der Waals surface area contributed by atoms with Gasteiger partial charge >= 0.3 is 0 Å². The van der Waals surface area contributed by atoms with Gasteiger partial charge in [0.2, 0.25) is 0 Å². The summed E-state index contributed by atoms with van der Waals surface area (Å²) in [6, 6.07) is 0. The van der Waals surface area contributed by atoms with Gasteiger partial charge in [-0.15, -0.1) is 0 Å². The Morgan fingerprint density at radius 3 is 2.65 bits per heavy atom. The quantitative estimate of drug-likeness (QED) is 0.855. The first-order valence-corrected chi connectivity index (χ1v) is 8.00. The van der Waals surface area contributed by atoms with Crippen molar-refractivity contribution in [2.24, 2.45) is 0 Å². The van der Waals surface area contributed by atoms with E-state index in [1.165, 1.54) is 0 Å². The number of aliphatic hydroxyl groups is 2. The fourth-order valence-corrected chi connectivity index (χ4v) is 3.32. The molecule has 1 unspecified atom stereocenters. The van der Waals surface area contributed by atoms with Crippen molar-refractivity contribution in [1.29, 1.82) is 0 Å². The smallest absolute Gasteiger partial charge is 0.125 e. The van der Waals surface area contributed by atoms with Gasteiger partial charge < -0.3 is 15.1 Å². The summed E-state index contributed by atoms with van der Waals surface area (Å²) in [4.78, 5) is 2.07. The molecule has 20 heavy (non-hydrogen) atoms. The number of aliphatic hydroxyl groups excluding tert-OH is 1. The Morgan fingerprint density at radius 2 is 2.05 bits per heavy atom. The van der Waals surface area contributed by atoms with Gasteiger partial charge in [-0.2, -0.15) is 5.10 Å². The third-order valence-corrected chi connectivity index (χ3v) is 4.69. The van der Waals surface area contributed by atoms with E-state index < -0.39 is 11.7 Å². The molecule has 1 heterocycles. The van der Waals surface area contributed by atoms with Crippen molar-refractivity contribution >= 4 is 15.9 Å². The topological polar surface area (TPSA) is 61.5 Å². The fourth-order valence-electron chi connectivity index (χ4n) is 2.81. The number of halogens is 1. The molecule has 1 aromatic heterocycles. The minimum Gasteiger partial charge on any atom is -0.387 e. The van der Waals surface area contributed by atoms with Crippen LogP contribution in [0.1, 0.15) is 43.9 Å². The van der Waals surface area contributed by atoms with Gasteiger partial charge in [0, 0.05) is 6.54 Å². The molecule has 0 radical (unpaired) electrons. The molecule has 2 N–H and O–H groups in total. The monoisotopic (exact) mass is 345 g/mol. The van der Waals surface area contributed by atoms with E-state index >= 15 is 0 Å². The molecular weight excluding hydrogens is 322 g/mol. The van der Waals surface area contributed by atoms with Gasteiger partial charge in [0.1, 0.15) is 6.10 Å². The van der Waals surface area contributed by atoms with E-state index in [9.17, 15) is 10.2 Å². The first-order valence-electron chi connectivity index (χ1n) is 7.20. The number of aromatic nitrogens is 2. The highest BCUT2D eigenvalue weighted by molar-refractivity contribution is 9.10. The second-order valence-electron chi connectivity index (χ2n) is 5.97. The van der Waals surface area contributed by atoms with Gasteiger partial charge in [-0.25, -0.2) is 0 Å². The molecule has 5 nitrogen and oxygen atoms in total. The number of hydrogen-bond donors (Lipinski definition) is 2. The van der Waals surface area contributed by atoms with E-state index in [0.29, 0.717) is 25.1 Å². The van der Waals surface area contributed by atoms with Crippen molar-refractivity contribution in [1.82, 2.24) is 14.7 Å². The molecule has 2 rings (SSSR count). The molecule has 0 aliphatic heterocycles. The van der Waals surface area contributed by atoms with Gasteiger partial charge in [-0.3, -0.25) is 4.68 Å². The van der Waals surface area contributed by atoms with Gasteiger partial charge in [-0.05, 0) is 42.9 Å². The zero-order valence-corrected chi connectivity index (χ0v) is 13.8. The van der Waals surface area contributed by atoms with Crippen molar-refractivity contribution in [2.45, 2.75) is 50.4 Å². The van der Waals surface area contributed by atoms with E-state index in [2.05, 4.69) is 25.9 Å². The highest BCUT2D eigenvalue weighted by atomic mass is 79.9. The minimum atomic E-state index is -1.02. The average Bonchev–Trinajstić information content (AvgIpc) is 2.77. The summed E-state index contributed by atoms with van der Waals surface area (Å²) < 4.78 is 2.56. The molecule has 114 valence electrons. The van der Waals surface area contributed by atoms with Gasteiger partial charge in [-0.1, -0.05) is 19.3 Å². The molecule has 0 spiro atoms. The zero-order valence-electron chi connectivity index (χ0n) is 12.2. The number of likely N-dealkylation sites (N-methyl/N-ethyl adjacent to an activating group) is 1. The number of nitrogens with zero attached hydrogens (tertiary/aromatic N) is 3. The maximum atomic E-state index is 10.7. The van der Waals surface area contributed by atoms with E-state index in [1.807, 2.05) is 14.1 Å². The molecule has 6 heteroatoms. The fraction of sp³-hybridized carbons (Fsp3) is 0.786. The Bertz CT molecular complexity index is 442. The summed E-state index contributed by atoms with van der Waals surface area (Å²) in [5.41, 5.74) is -0.326. The maximum absolute atomic E-state index is 10.7. The summed E-state index contributed by atoms with van der Waals surface area (Å²) in [6.45, 7) is 1.54. The van der Waals surface area contributed by atoms with Crippen LogP contribution in [0.4, 0.5) is 0 Å². The molecule has 1 aliphatic rings. The lowest BCUT2D eigenvalue weighted by Gasteiger charge is -2.36. The van der Waals surface area contributed by atoms with E-state index in [1.54, 1.807) is 10.9 Å². The Labute approximate surface area is 128 Å². The number of hydrogen-bond acceptors (Lipinski definition) is 4. The lowest BCUT2D eigenvalue weighted by Crippen LogP contribution is -2.39. The van der Waals surface area contributed by atoms with E-state index in [0.717, 1.165) is 30.3 Å². The Morgan fingerprint density at radius 1 is 1.40 bits per heavy atom. The molecule has 0 saturated heterocycles. The summed E-state index contributed by atoms with van der Waals surface area (Å²) >= 11 is 3.45. The Balaban J connectivity index is 2.19. The van der Waals surface area contributed by atoms with Gasteiger partial charge in [0.25, 0.3) is 0 Å². The highest BCUT2D eigenvalue weighted by Gasteiger charge is 2.40. The van der Waals surface area contributed by atoms with E-state index in [-0.39, 0.29) is 0 Å². The number of rotatable bonds is 5. The second-order valence-corrected chi connectivity index (χ2v) is 6.83. The van der Waals surface area contributed by atoms with Crippen LogP contribution < -0.4 is 0 Å². The lowest BCUT2D eigenvalue weighted by atomic mass is 9.79. The summed E-state index contributed by atoms with van der Waals surface area (Å²) in [7, 11) is 4.01. The zero-order chi connectivity index (χ0) is 14.8. The second kappa shape index (κ2) is 6.56. The molecule has 1 aliphatic carbocycles. The maximum Gasteiger partial charge on any atom is 0.125 e. The Hall–Kier alpha value is -0.430. The van der Waals surface area contributed by atoms with Crippen molar-refractivity contribution in [3.63, 3.8) is 0 Å². The standard InChI is InChI=1S/C14H24BrN3O2/c1-17(2)8-9-18-12(11(15)10-16-18)13(19)14(20)6-4-3-5-7-14/h10,13,19-20H,3-9H2,1-2H3. The first kappa shape index (κ1) is 15.9. The molecule has 1 atom stereocenters. The molecule has 0 amide bonds. The third kappa shape index (κ3) is 3.42. The molecule has 1 fully saturated rings. The predicted octanol–water partition coefficient (Wildman–Crippen LogP) is 1.94. The van der Waals surface area contributed by atoms with Crippen LogP contribution in [0.3, 0.4) is 0 Å².